The molecule has 1 amide bonds. The number of rotatable bonds is 8. The summed E-state index contributed by atoms with van der Waals surface area (Å²) in [6, 6.07) is 23.5. The Morgan fingerprint density at radius 1 is 0.868 bits per heavy atom. The highest BCUT2D eigenvalue weighted by molar-refractivity contribution is 6.08. The molecule has 6 rings (SSSR count). The number of benzene rings is 3. The number of carbonyl (C=O) groups excluding carboxylic acids is 1. The number of ether oxygens (including phenoxy) is 3. The summed E-state index contributed by atoms with van der Waals surface area (Å²) in [6.07, 6.45) is 2.39. The fourth-order valence-electron chi connectivity index (χ4n) is 4.81. The molecule has 0 atom stereocenters. The molecule has 2 heterocycles. The second-order valence-electron chi connectivity index (χ2n) is 9.40. The van der Waals surface area contributed by atoms with Gasteiger partial charge in [-0.2, -0.15) is 0 Å². The number of anilines is 2. The third kappa shape index (κ3) is 4.63. The highest BCUT2D eigenvalue weighted by atomic mass is 16.5. The van der Waals surface area contributed by atoms with E-state index in [1.807, 2.05) is 60.7 Å². The molecule has 3 aromatic carbocycles. The van der Waals surface area contributed by atoms with E-state index in [1.54, 1.807) is 29.9 Å². The van der Waals surface area contributed by atoms with Crippen LogP contribution < -0.4 is 24.0 Å². The summed E-state index contributed by atoms with van der Waals surface area (Å²) in [5.74, 6) is 1.97. The lowest BCUT2D eigenvalue weighted by molar-refractivity contribution is 0.0979. The minimum atomic E-state index is -0.244. The quantitative estimate of drug-likeness (QED) is 0.337. The van der Waals surface area contributed by atoms with E-state index in [9.17, 15) is 4.79 Å². The van der Waals surface area contributed by atoms with E-state index in [-0.39, 0.29) is 17.5 Å². The summed E-state index contributed by atoms with van der Waals surface area (Å²) in [5.41, 5.74) is 3.09. The number of amides is 1. The molecule has 1 aliphatic carbocycles. The van der Waals surface area contributed by atoms with Crippen LogP contribution in [-0.2, 0) is 6.54 Å². The monoisotopic (exact) mass is 511 g/mol. The van der Waals surface area contributed by atoms with Gasteiger partial charge in [-0.3, -0.25) is 4.79 Å². The lowest BCUT2D eigenvalue weighted by atomic mass is 10.1. The number of methoxy groups -OCH3 is 2. The van der Waals surface area contributed by atoms with Gasteiger partial charge in [0.05, 0.1) is 32.1 Å². The van der Waals surface area contributed by atoms with Crippen LogP contribution in [0.4, 0.5) is 11.4 Å². The molecule has 2 aliphatic rings. The van der Waals surface area contributed by atoms with Gasteiger partial charge in [0.1, 0.15) is 17.2 Å². The number of carbonyl (C=O) groups is 1. The average Bonchev–Trinajstić information content (AvgIpc) is 3.74. The molecule has 9 heteroatoms. The second-order valence-corrected chi connectivity index (χ2v) is 9.40. The number of aromatic nitrogens is 3. The van der Waals surface area contributed by atoms with Gasteiger partial charge in [-0.05, 0) is 54.8 Å². The Bertz CT molecular complexity index is 1450. The molecule has 1 aromatic heterocycles. The maximum absolute atomic E-state index is 14.0. The molecule has 38 heavy (non-hydrogen) atoms. The highest BCUT2D eigenvalue weighted by Crippen LogP contribution is 2.41. The zero-order chi connectivity index (χ0) is 26.1. The van der Waals surface area contributed by atoms with Crippen LogP contribution in [0.5, 0.6) is 23.1 Å². The Morgan fingerprint density at radius 2 is 1.61 bits per heavy atom. The molecule has 4 aromatic rings. The molecule has 0 N–H and O–H groups in total. The molecule has 0 bridgehead atoms. The van der Waals surface area contributed by atoms with Crippen LogP contribution in [-0.4, -0.2) is 54.3 Å². The Labute approximate surface area is 221 Å². The standard InChI is InChI=1S/C29H29N5O4/c1-36-22-14-10-20(11-15-22)19-34-29(38-24-7-5-6-23(18-24)37-2)27(30-31-34)28(35)33-17-16-32(21-12-13-21)25-8-3-4-9-26(25)33/h3-11,14-15,18,21H,12-13,16-17,19H2,1-2H3. The normalized spacial score (nSPS) is 14.7. The molecular formula is C29H29N5O4. The van der Waals surface area contributed by atoms with Gasteiger partial charge in [0.15, 0.2) is 0 Å². The van der Waals surface area contributed by atoms with Gasteiger partial charge in [-0.15, -0.1) is 5.10 Å². The first-order valence-electron chi connectivity index (χ1n) is 12.7. The molecule has 1 aliphatic heterocycles. The van der Waals surface area contributed by atoms with Crippen molar-refractivity contribution < 1.29 is 19.0 Å². The largest absolute Gasteiger partial charge is 0.497 e. The van der Waals surface area contributed by atoms with Crippen molar-refractivity contribution in [1.29, 1.82) is 0 Å². The summed E-state index contributed by atoms with van der Waals surface area (Å²) < 4.78 is 18.5. The van der Waals surface area contributed by atoms with Crippen LogP contribution in [0.1, 0.15) is 28.9 Å². The Hall–Kier alpha value is -4.53. The van der Waals surface area contributed by atoms with E-state index < -0.39 is 0 Å². The van der Waals surface area contributed by atoms with Crippen LogP contribution in [0.15, 0.2) is 72.8 Å². The SMILES string of the molecule is COc1ccc(Cn2nnc(C(=O)N3CCN(C4CC4)c4ccccc43)c2Oc2cccc(OC)c2)cc1. The van der Waals surface area contributed by atoms with Crippen molar-refractivity contribution in [1.82, 2.24) is 15.0 Å². The summed E-state index contributed by atoms with van der Waals surface area (Å²) in [5, 5.41) is 8.67. The second kappa shape index (κ2) is 10.1. The fourth-order valence-corrected chi connectivity index (χ4v) is 4.81. The van der Waals surface area contributed by atoms with E-state index in [0.717, 1.165) is 29.2 Å². The molecule has 9 nitrogen and oxygen atoms in total. The van der Waals surface area contributed by atoms with Crippen molar-refractivity contribution in [3.8, 4) is 23.1 Å². The topological polar surface area (TPSA) is 82.0 Å². The Balaban J connectivity index is 1.36. The first-order chi connectivity index (χ1) is 18.6. The summed E-state index contributed by atoms with van der Waals surface area (Å²) in [7, 11) is 3.23. The van der Waals surface area contributed by atoms with Gasteiger partial charge in [0, 0.05) is 25.2 Å². The number of fused-ring (bicyclic) bond motifs is 1. The third-order valence-corrected chi connectivity index (χ3v) is 6.92. The summed E-state index contributed by atoms with van der Waals surface area (Å²) in [4.78, 5) is 18.2. The maximum atomic E-state index is 14.0. The van der Waals surface area contributed by atoms with Gasteiger partial charge in [-0.25, -0.2) is 4.68 Å². The first kappa shape index (κ1) is 23.8. The van der Waals surface area contributed by atoms with Crippen LogP contribution in [0.2, 0.25) is 0 Å². The van der Waals surface area contributed by atoms with Gasteiger partial charge >= 0.3 is 0 Å². The average molecular weight is 512 g/mol. The van der Waals surface area contributed by atoms with Crippen molar-refractivity contribution in [3.63, 3.8) is 0 Å². The molecule has 194 valence electrons. The van der Waals surface area contributed by atoms with Gasteiger partial charge in [0.2, 0.25) is 5.69 Å². The molecule has 0 unspecified atom stereocenters. The highest BCUT2D eigenvalue weighted by Gasteiger charge is 2.37. The molecular weight excluding hydrogens is 482 g/mol. The van der Waals surface area contributed by atoms with Crippen molar-refractivity contribution >= 4 is 17.3 Å². The van der Waals surface area contributed by atoms with Gasteiger partial charge in [0.25, 0.3) is 11.8 Å². The molecule has 0 saturated heterocycles. The lowest BCUT2D eigenvalue weighted by Gasteiger charge is -2.37. The summed E-state index contributed by atoms with van der Waals surface area (Å²) >= 11 is 0. The molecule has 0 radical (unpaired) electrons. The van der Waals surface area contributed by atoms with Crippen molar-refractivity contribution in [2.75, 3.05) is 37.1 Å². The lowest BCUT2D eigenvalue weighted by Crippen LogP contribution is -2.45. The van der Waals surface area contributed by atoms with E-state index in [1.165, 1.54) is 12.8 Å². The van der Waals surface area contributed by atoms with E-state index in [2.05, 4.69) is 21.3 Å². The smallest absolute Gasteiger partial charge is 0.284 e. The molecule has 1 fully saturated rings. The zero-order valence-corrected chi connectivity index (χ0v) is 21.4. The summed E-state index contributed by atoms with van der Waals surface area (Å²) in [6.45, 7) is 1.71. The van der Waals surface area contributed by atoms with Crippen LogP contribution in [0, 0.1) is 0 Å². The third-order valence-electron chi connectivity index (χ3n) is 6.92. The van der Waals surface area contributed by atoms with E-state index >= 15 is 0 Å². The van der Waals surface area contributed by atoms with Crippen molar-refractivity contribution in [2.45, 2.75) is 25.4 Å². The maximum Gasteiger partial charge on any atom is 0.284 e. The zero-order valence-electron chi connectivity index (χ0n) is 21.4. The Kier molecular flexibility index (Phi) is 6.33. The van der Waals surface area contributed by atoms with Crippen molar-refractivity contribution in [2.24, 2.45) is 0 Å². The van der Waals surface area contributed by atoms with Crippen LogP contribution in [0.25, 0.3) is 0 Å². The van der Waals surface area contributed by atoms with Crippen LogP contribution >= 0.6 is 0 Å². The van der Waals surface area contributed by atoms with Gasteiger partial charge < -0.3 is 24.0 Å². The number of hydrogen-bond donors (Lipinski definition) is 0. The predicted octanol–water partition coefficient (Wildman–Crippen LogP) is 4.77. The van der Waals surface area contributed by atoms with Gasteiger partial charge in [-0.1, -0.05) is 35.5 Å². The Morgan fingerprint density at radius 3 is 2.34 bits per heavy atom. The minimum absolute atomic E-state index is 0.163. The predicted molar refractivity (Wildman–Crippen MR) is 144 cm³/mol. The number of hydrogen-bond acceptors (Lipinski definition) is 7. The van der Waals surface area contributed by atoms with E-state index in [4.69, 9.17) is 14.2 Å². The molecule has 1 saturated carbocycles. The van der Waals surface area contributed by atoms with Crippen LogP contribution in [0.3, 0.4) is 0 Å². The number of nitrogens with zero attached hydrogens (tertiary/aromatic N) is 5. The number of para-hydroxylation sites is 2. The minimum Gasteiger partial charge on any atom is -0.497 e. The van der Waals surface area contributed by atoms with E-state index in [0.29, 0.717) is 30.6 Å². The fraction of sp³-hybridized carbons (Fsp3) is 0.276. The molecule has 0 spiro atoms. The first-order valence-corrected chi connectivity index (χ1v) is 12.7. The van der Waals surface area contributed by atoms with Crippen molar-refractivity contribution in [3.05, 3.63) is 84.1 Å².